The van der Waals surface area contributed by atoms with Crippen molar-refractivity contribution in [3.8, 4) is 5.75 Å². The van der Waals surface area contributed by atoms with Gasteiger partial charge in [0.05, 0.1) is 13.7 Å². The van der Waals surface area contributed by atoms with Gasteiger partial charge in [-0.1, -0.05) is 18.2 Å². The Kier molecular flexibility index (Phi) is 6.17. The molecule has 0 aromatic heterocycles. The molecule has 1 fully saturated rings. The van der Waals surface area contributed by atoms with Gasteiger partial charge < -0.3 is 19.7 Å². The molecule has 1 amide bonds. The third-order valence-electron chi connectivity index (χ3n) is 4.75. The molecule has 0 bridgehead atoms. The number of alkyl carbamates (subject to hydrolysis) is 1. The number of methoxy groups -OCH3 is 1. The Bertz CT molecular complexity index is 742. The number of benzene rings is 2. The van der Waals surface area contributed by atoms with Crippen molar-refractivity contribution in [3.05, 3.63) is 36.4 Å². The van der Waals surface area contributed by atoms with Crippen LogP contribution >= 0.6 is 0 Å². The van der Waals surface area contributed by atoms with Gasteiger partial charge in [0.1, 0.15) is 5.75 Å². The summed E-state index contributed by atoms with van der Waals surface area (Å²) in [6.07, 6.45) is -0.337. The first-order chi connectivity index (χ1) is 12.7. The van der Waals surface area contributed by atoms with Gasteiger partial charge >= 0.3 is 6.09 Å². The van der Waals surface area contributed by atoms with Crippen molar-refractivity contribution >= 4 is 22.6 Å². The van der Waals surface area contributed by atoms with Gasteiger partial charge in [-0.2, -0.15) is 0 Å². The first-order valence-electron chi connectivity index (χ1n) is 9.16. The number of rotatable bonds is 6. The fraction of sp³-hybridized carbons (Fsp3) is 0.450. The smallest absolute Gasteiger partial charge is 0.407 e. The highest BCUT2D eigenvalue weighted by Crippen LogP contribution is 2.30. The largest absolute Gasteiger partial charge is 0.497 e. The maximum atomic E-state index is 11.3. The Hall–Kier alpha value is -2.47. The van der Waals surface area contributed by atoms with Crippen molar-refractivity contribution in [2.75, 3.05) is 57.9 Å². The van der Waals surface area contributed by atoms with Gasteiger partial charge in [-0.3, -0.25) is 4.90 Å². The summed E-state index contributed by atoms with van der Waals surface area (Å²) in [6, 6.07) is 12.6. The van der Waals surface area contributed by atoms with Crippen molar-refractivity contribution in [1.82, 2.24) is 10.2 Å². The Morgan fingerprint density at radius 2 is 1.96 bits per heavy atom. The highest BCUT2D eigenvalue weighted by atomic mass is 16.5. The van der Waals surface area contributed by atoms with Crippen molar-refractivity contribution in [2.45, 2.75) is 6.92 Å². The summed E-state index contributed by atoms with van der Waals surface area (Å²) in [5, 5.41) is 5.23. The molecule has 1 heterocycles. The molecule has 6 heteroatoms. The molecule has 26 heavy (non-hydrogen) atoms. The highest BCUT2D eigenvalue weighted by Gasteiger charge is 2.18. The van der Waals surface area contributed by atoms with Crippen molar-refractivity contribution in [3.63, 3.8) is 0 Å². The van der Waals surface area contributed by atoms with Crippen LogP contribution in [0.25, 0.3) is 10.8 Å². The fourth-order valence-corrected chi connectivity index (χ4v) is 3.35. The molecule has 0 unspecified atom stereocenters. The molecule has 140 valence electrons. The molecule has 1 aliphatic rings. The standard InChI is InChI=1S/C20H27N3O3/c1-3-26-20(24)21-9-10-22-11-13-23(14-12-22)19-6-4-5-16-7-8-17(25-2)15-18(16)19/h4-8,15H,3,9-14H2,1-2H3,(H,21,24). The van der Waals surface area contributed by atoms with Crippen LogP contribution in [0.3, 0.4) is 0 Å². The van der Waals surface area contributed by atoms with Gasteiger partial charge in [-0.25, -0.2) is 4.79 Å². The van der Waals surface area contributed by atoms with E-state index < -0.39 is 0 Å². The first-order valence-corrected chi connectivity index (χ1v) is 9.16. The monoisotopic (exact) mass is 357 g/mol. The number of anilines is 1. The third kappa shape index (κ3) is 4.38. The molecule has 1 saturated heterocycles. The van der Waals surface area contributed by atoms with Crippen LogP contribution in [-0.4, -0.2) is 64.0 Å². The first kappa shape index (κ1) is 18.3. The average molecular weight is 357 g/mol. The molecule has 0 atom stereocenters. The minimum absolute atomic E-state index is 0.337. The normalized spacial score (nSPS) is 15.1. The molecule has 0 radical (unpaired) electrons. The van der Waals surface area contributed by atoms with E-state index in [0.717, 1.165) is 38.5 Å². The molecule has 1 aliphatic heterocycles. The van der Waals surface area contributed by atoms with Crippen LogP contribution in [0.2, 0.25) is 0 Å². The summed E-state index contributed by atoms with van der Waals surface area (Å²) < 4.78 is 10.3. The van der Waals surface area contributed by atoms with Crippen LogP contribution in [-0.2, 0) is 4.74 Å². The Morgan fingerprint density at radius 3 is 2.69 bits per heavy atom. The molecule has 2 aromatic rings. The summed E-state index contributed by atoms with van der Waals surface area (Å²) in [6.45, 7) is 7.56. The molecule has 3 rings (SSSR count). The minimum Gasteiger partial charge on any atom is -0.497 e. The van der Waals surface area contributed by atoms with E-state index in [1.807, 2.05) is 13.0 Å². The van der Waals surface area contributed by atoms with E-state index in [2.05, 4.69) is 45.4 Å². The number of hydrogen-bond donors (Lipinski definition) is 1. The maximum absolute atomic E-state index is 11.3. The lowest BCUT2D eigenvalue weighted by molar-refractivity contribution is 0.150. The summed E-state index contributed by atoms with van der Waals surface area (Å²) in [7, 11) is 1.70. The van der Waals surface area contributed by atoms with Gasteiger partial charge in [-0.05, 0) is 30.5 Å². The van der Waals surface area contributed by atoms with Crippen molar-refractivity contribution in [2.24, 2.45) is 0 Å². The van der Waals surface area contributed by atoms with Crippen LogP contribution < -0.4 is 15.0 Å². The second-order valence-electron chi connectivity index (χ2n) is 6.34. The number of carbonyl (C=O) groups excluding carboxylic acids is 1. The highest BCUT2D eigenvalue weighted by molar-refractivity contribution is 5.95. The van der Waals surface area contributed by atoms with Crippen LogP contribution in [0.4, 0.5) is 10.5 Å². The lowest BCUT2D eigenvalue weighted by atomic mass is 10.1. The quantitative estimate of drug-likeness (QED) is 0.861. The number of hydrogen-bond acceptors (Lipinski definition) is 5. The predicted octanol–water partition coefficient (Wildman–Crippen LogP) is 2.72. The van der Waals surface area contributed by atoms with Crippen molar-refractivity contribution in [1.29, 1.82) is 0 Å². The summed E-state index contributed by atoms with van der Waals surface area (Å²) >= 11 is 0. The summed E-state index contributed by atoms with van der Waals surface area (Å²) in [5.74, 6) is 0.883. The zero-order chi connectivity index (χ0) is 18.4. The fourth-order valence-electron chi connectivity index (χ4n) is 3.35. The number of amides is 1. The Morgan fingerprint density at radius 1 is 1.15 bits per heavy atom. The molecular weight excluding hydrogens is 330 g/mol. The summed E-state index contributed by atoms with van der Waals surface area (Å²) in [5.41, 5.74) is 1.26. The second kappa shape index (κ2) is 8.76. The minimum atomic E-state index is -0.337. The van der Waals surface area contributed by atoms with Crippen molar-refractivity contribution < 1.29 is 14.3 Å². The molecule has 6 nitrogen and oxygen atoms in total. The average Bonchev–Trinajstić information content (AvgIpc) is 2.68. The van der Waals surface area contributed by atoms with E-state index in [9.17, 15) is 4.79 Å². The van der Waals surface area contributed by atoms with Crippen LogP contribution in [0.1, 0.15) is 6.92 Å². The topological polar surface area (TPSA) is 54.0 Å². The SMILES string of the molecule is CCOC(=O)NCCN1CCN(c2cccc3ccc(OC)cc23)CC1. The van der Waals surface area contributed by atoms with Crippen LogP contribution in [0.5, 0.6) is 5.75 Å². The number of fused-ring (bicyclic) bond motifs is 1. The van der Waals surface area contributed by atoms with E-state index in [-0.39, 0.29) is 6.09 Å². The molecule has 0 aliphatic carbocycles. The van der Waals surface area contributed by atoms with Gasteiger partial charge in [0.25, 0.3) is 0 Å². The van der Waals surface area contributed by atoms with E-state index in [1.54, 1.807) is 7.11 Å². The zero-order valence-corrected chi connectivity index (χ0v) is 15.5. The molecule has 0 spiro atoms. The Labute approximate surface area is 154 Å². The second-order valence-corrected chi connectivity index (χ2v) is 6.34. The van der Waals surface area contributed by atoms with E-state index in [1.165, 1.54) is 16.5 Å². The number of nitrogens with one attached hydrogen (secondary N) is 1. The van der Waals surface area contributed by atoms with E-state index >= 15 is 0 Å². The van der Waals surface area contributed by atoms with Gasteiger partial charge in [0, 0.05) is 50.3 Å². The van der Waals surface area contributed by atoms with Gasteiger partial charge in [-0.15, -0.1) is 0 Å². The summed E-state index contributed by atoms with van der Waals surface area (Å²) in [4.78, 5) is 16.1. The zero-order valence-electron chi connectivity index (χ0n) is 15.5. The lowest BCUT2D eigenvalue weighted by Crippen LogP contribution is -2.48. The van der Waals surface area contributed by atoms with E-state index in [4.69, 9.17) is 9.47 Å². The number of piperazine rings is 1. The number of carbonyl (C=O) groups is 1. The maximum Gasteiger partial charge on any atom is 0.407 e. The molecule has 0 saturated carbocycles. The predicted molar refractivity (Wildman–Crippen MR) is 104 cm³/mol. The Balaban J connectivity index is 1.58. The van der Waals surface area contributed by atoms with Gasteiger partial charge in [0.15, 0.2) is 0 Å². The molecular formula is C20H27N3O3. The molecule has 1 N–H and O–H groups in total. The third-order valence-corrected chi connectivity index (χ3v) is 4.75. The van der Waals surface area contributed by atoms with Crippen LogP contribution in [0.15, 0.2) is 36.4 Å². The lowest BCUT2D eigenvalue weighted by Gasteiger charge is -2.36. The van der Waals surface area contributed by atoms with Crippen LogP contribution in [0, 0.1) is 0 Å². The van der Waals surface area contributed by atoms with E-state index in [0.29, 0.717) is 13.2 Å². The molecule has 2 aromatic carbocycles. The number of nitrogens with zero attached hydrogens (tertiary/aromatic N) is 2. The van der Waals surface area contributed by atoms with Gasteiger partial charge in [0.2, 0.25) is 0 Å². The number of ether oxygens (including phenoxy) is 2.